The van der Waals surface area contributed by atoms with Gasteiger partial charge in [0.15, 0.2) is 0 Å². The summed E-state index contributed by atoms with van der Waals surface area (Å²) in [5.74, 6) is -0.611. The zero-order chi connectivity index (χ0) is 13.7. The number of hydrogen-bond acceptors (Lipinski definition) is 5. The van der Waals surface area contributed by atoms with E-state index >= 15 is 0 Å². The molecule has 2 unspecified atom stereocenters. The fourth-order valence-electron chi connectivity index (χ4n) is 1.38. The molecule has 0 radical (unpaired) electrons. The molecule has 1 heterocycles. The van der Waals surface area contributed by atoms with E-state index in [2.05, 4.69) is 9.72 Å². The molecule has 18 heavy (non-hydrogen) atoms. The van der Waals surface area contributed by atoms with Gasteiger partial charge in [-0.2, -0.15) is 0 Å². The predicted molar refractivity (Wildman–Crippen MR) is 66.5 cm³/mol. The summed E-state index contributed by atoms with van der Waals surface area (Å²) < 4.78 is 4.67. The van der Waals surface area contributed by atoms with E-state index in [1.165, 1.54) is 12.3 Å². The number of aliphatic hydroxyl groups excluding tert-OH is 2. The summed E-state index contributed by atoms with van der Waals surface area (Å²) in [6.07, 6.45) is -1.74. The van der Waals surface area contributed by atoms with Gasteiger partial charge in [0.1, 0.15) is 11.3 Å². The van der Waals surface area contributed by atoms with E-state index in [0.717, 1.165) is 0 Å². The highest BCUT2D eigenvalue weighted by atomic mass is 35.5. The van der Waals surface area contributed by atoms with E-state index in [-0.39, 0.29) is 28.8 Å². The van der Waals surface area contributed by atoms with Crippen molar-refractivity contribution in [2.24, 2.45) is 0 Å². The molecule has 1 rings (SSSR count). The van der Waals surface area contributed by atoms with Crippen molar-refractivity contribution in [1.29, 1.82) is 0 Å². The van der Waals surface area contributed by atoms with Crippen molar-refractivity contribution < 1.29 is 19.7 Å². The number of halogens is 2. The Morgan fingerprint density at radius 3 is 2.72 bits per heavy atom. The van der Waals surface area contributed by atoms with Gasteiger partial charge >= 0.3 is 5.97 Å². The molecule has 1 aromatic heterocycles. The standard InChI is InChI=1S/C11H13Cl2NO4/c1-2-18-8(16)5-7(15)10(17)9-6(12)3-4-14-11(9)13/h3-4,7,10,15,17H,2,5H2,1H3. The van der Waals surface area contributed by atoms with Crippen LogP contribution in [0.15, 0.2) is 12.3 Å². The molecule has 0 spiro atoms. The first kappa shape index (κ1) is 15.2. The fourth-order valence-corrected chi connectivity index (χ4v) is 1.96. The third kappa shape index (κ3) is 3.81. The topological polar surface area (TPSA) is 79.7 Å². The van der Waals surface area contributed by atoms with Gasteiger partial charge in [-0.25, -0.2) is 4.98 Å². The number of rotatable bonds is 5. The van der Waals surface area contributed by atoms with Gasteiger partial charge in [0, 0.05) is 11.8 Å². The second-order valence-corrected chi connectivity index (χ2v) is 4.28. The second-order valence-electron chi connectivity index (χ2n) is 3.52. The van der Waals surface area contributed by atoms with Gasteiger partial charge in [0.2, 0.25) is 0 Å². The summed E-state index contributed by atoms with van der Waals surface area (Å²) in [7, 11) is 0. The Labute approximate surface area is 114 Å². The molecule has 100 valence electrons. The highest BCUT2D eigenvalue weighted by Crippen LogP contribution is 2.31. The van der Waals surface area contributed by atoms with Crippen LogP contribution < -0.4 is 0 Å². The molecular weight excluding hydrogens is 281 g/mol. The van der Waals surface area contributed by atoms with Crippen molar-refractivity contribution in [3.05, 3.63) is 28.0 Å². The van der Waals surface area contributed by atoms with Gasteiger partial charge < -0.3 is 14.9 Å². The molecule has 0 saturated carbocycles. The Hall–Kier alpha value is -0.880. The minimum absolute atomic E-state index is 0.0158. The Morgan fingerprint density at radius 1 is 1.50 bits per heavy atom. The average Bonchev–Trinajstić information content (AvgIpc) is 2.28. The normalized spacial score (nSPS) is 14.1. The monoisotopic (exact) mass is 293 g/mol. The number of carbonyl (C=O) groups is 1. The number of ether oxygens (including phenoxy) is 1. The first-order valence-corrected chi connectivity index (χ1v) is 6.04. The molecule has 5 nitrogen and oxygen atoms in total. The summed E-state index contributed by atoms with van der Waals surface area (Å²) in [4.78, 5) is 14.9. The number of carbonyl (C=O) groups excluding carboxylic acids is 1. The van der Waals surface area contributed by atoms with Crippen LogP contribution in [0.1, 0.15) is 25.0 Å². The Bertz CT molecular complexity index is 407. The summed E-state index contributed by atoms with van der Waals surface area (Å²) in [5.41, 5.74) is 0.0950. The smallest absolute Gasteiger partial charge is 0.308 e. The maximum absolute atomic E-state index is 11.2. The lowest BCUT2D eigenvalue weighted by molar-refractivity contribution is -0.147. The molecule has 0 aromatic carbocycles. The van der Waals surface area contributed by atoms with Crippen LogP contribution in [-0.4, -0.2) is 33.9 Å². The van der Waals surface area contributed by atoms with Crippen LogP contribution in [0.4, 0.5) is 0 Å². The number of nitrogens with zero attached hydrogens (tertiary/aromatic N) is 1. The van der Waals surface area contributed by atoms with Crippen molar-refractivity contribution in [2.45, 2.75) is 25.6 Å². The predicted octanol–water partition coefficient (Wildman–Crippen LogP) is 1.74. The van der Waals surface area contributed by atoms with Crippen LogP contribution in [0.25, 0.3) is 0 Å². The minimum Gasteiger partial charge on any atom is -0.466 e. The maximum Gasteiger partial charge on any atom is 0.308 e. The number of esters is 1. The van der Waals surface area contributed by atoms with Gasteiger partial charge in [-0.3, -0.25) is 4.79 Å². The highest BCUT2D eigenvalue weighted by molar-refractivity contribution is 6.35. The number of aromatic nitrogens is 1. The number of aliphatic hydroxyl groups is 2. The Morgan fingerprint density at radius 2 is 2.17 bits per heavy atom. The minimum atomic E-state index is -1.40. The van der Waals surface area contributed by atoms with Crippen LogP contribution in [0.2, 0.25) is 10.2 Å². The molecule has 1 aromatic rings. The van der Waals surface area contributed by atoms with Crippen LogP contribution in [-0.2, 0) is 9.53 Å². The van der Waals surface area contributed by atoms with Gasteiger partial charge in [0.25, 0.3) is 0 Å². The zero-order valence-corrected chi connectivity index (χ0v) is 11.1. The first-order chi connectivity index (χ1) is 8.47. The Balaban J connectivity index is 2.80. The summed E-state index contributed by atoms with van der Waals surface area (Å²) in [6, 6.07) is 1.43. The van der Waals surface area contributed by atoms with Gasteiger partial charge in [-0.15, -0.1) is 0 Å². The second kappa shape index (κ2) is 6.89. The molecule has 0 aliphatic heterocycles. The van der Waals surface area contributed by atoms with Crippen LogP contribution in [0, 0.1) is 0 Å². The number of hydrogen-bond donors (Lipinski definition) is 2. The lowest BCUT2D eigenvalue weighted by Gasteiger charge is -2.19. The molecule has 0 amide bonds. The quantitative estimate of drug-likeness (QED) is 0.638. The SMILES string of the molecule is CCOC(=O)CC(O)C(O)c1c(Cl)ccnc1Cl. The Kier molecular flexibility index (Phi) is 5.81. The van der Waals surface area contributed by atoms with E-state index in [9.17, 15) is 15.0 Å². The van der Waals surface area contributed by atoms with Crippen LogP contribution >= 0.6 is 23.2 Å². The van der Waals surface area contributed by atoms with Gasteiger partial charge in [-0.05, 0) is 13.0 Å². The summed E-state index contributed by atoms with van der Waals surface area (Å²) in [5, 5.41) is 19.8. The van der Waals surface area contributed by atoms with E-state index in [1.54, 1.807) is 6.92 Å². The van der Waals surface area contributed by atoms with Crippen LogP contribution in [0.3, 0.4) is 0 Å². The van der Waals surface area contributed by atoms with Crippen molar-refractivity contribution in [3.63, 3.8) is 0 Å². The largest absolute Gasteiger partial charge is 0.466 e. The van der Waals surface area contributed by atoms with Crippen molar-refractivity contribution in [2.75, 3.05) is 6.61 Å². The maximum atomic E-state index is 11.2. The van der Waals surface area contributed by atoms with Crippen molar-refractivity contribution >= 4 is 29.2 Å². The third-order valence-electron chi connectivity index (χ3n) is 2.23. The molecule has 0 saturated heterocycles. The average molecular weight is 294 g/mol. The van der Waals surface area contributed by atoms with Crippen LogP contribution in [0.5, 0.6) is 0 Å². The lowest BCUT2D eigenvalue weighted by Crippen LogP contribution is -2.23. The molecule has 2 N–H and O–H groups in total. The zero-order valence-electron chi connectivity index (χ0n) is 9.64. The molecule has 2 atom stereocenters. The fraction of sp³-hybridized carbons (Fsp3) is 0.455. The van der Waals surface area contributed by atoms with Crippen molar-refractivity contribution in [3.8, 4) is 0 Å². The lowest BCUT2D eigenvalue weighted by atomic mass is 10.0. The third-order valence-corrected chi connectivity index (χ3v) is 2.86. The first-order valence-electron chi connectivity index (χ1n) is 5.29. The number of pyridine rings is 1. The van der Waals surface area contributed by atoms with E-state index < -0.39 is 18.2 Å². The highest BCUT2D eigenvalue weighted by Gasteiger charge is 2.26. The van der Waals surface area contributed by atoms with Crippen molar-refractivity contribution in [1.82, 2.24) is 4.98 Å². The summed E-state index contributed by atoms with van der Waals surface area (Å²) in [6.45, 7) is 1.85. The molecular formula is C11H13Cl2NO4. The molecule has 0 fully saturated rings. The van der Waals surface area contributed by atoms with Gasteiger partial charge in [-0.1, -0.05) is 23.2 Å². The molecule has 0 aliphatic carbocycles. The summed E-state index contributed by atoms with van der Waals surface area (Å²) >= 11 is 11.6. The molecule has 0 bridgehead atoms. The van der Waals surface area contributed by atoms with E-state index in [4.69, 9.17) is 23.2 Å². The van der Waals surface area contributed by atoms with E-state index in [0.29, 0.717) is 0 Å². The molecule has 0 aliphatic rings. The van der Waals surface area contributed by atoms with Gasteiger partial charge in [0.05, 0.1) is 24.2 Å². The van der Waals surface area contributed by atoms with E-state index in [1.807, 2.05) is 0 Å². The molecule has 7 heteroatoms.